The van der Waals surface area contributed by atoms with E-state index < -0.39 is 21.4 Å². The number of piperidine rings is 2. The van der Waals surface area contributed by atoms with Crippen LogP contribution in [0.5, 0.6) is 0 Å². The fourth-order valence-corrected chi connectivity index (χ4v) is 5.68. The van der Waals surface area contributed by atoms with Gasteiger partial charge in [-0.2, -0.15) is 4.31 Å². The van der Waals surface area contributed by atoms with Crippen LogP contribution in [0.3, 0.4) is 0 Å². The highest BCUT2D eigenvalue weighted by atomic mass is 32.2. The largest absolute Gasteiger partial charge is 0.332 e. The highest BCUT2D eigenvalue weighted by Crippen LogP contribution is 2.38. The lowest BCUT2D eigenvalue weighted by atomic mass is 9.80. The van der Waals surface area contributed by atoms with Gasteiger partial charge in [0, 0.05) is 26.1 Å². The van der Waals surface area contributed by atoms with Gasteiger partial charge in [-0.3, -0.25) is 4.79 Å². The van der Waals surface area contributed by atoms with Gasteiger partial charge in [-0.05, 0) is 50.3 Å². The molecule has 2 fully saturated rings. The maximum atomic E-state index is 13.9. The van der Waals surface area contributed by atoms with E-state index in [1.807, 2.05) is 0 Å². The Morgan fingerprint density at radius 3 is 2.73 bits per heavy atom. The number of likely N-dealkylation sites (tertiary alicyclic amines) is 1. The third kappa shape index (κ3) is 3.30. The summed E-state index contributed by atoms with van der Waals surface area (Å²) >= 11 is 0. The second kappa shape index (κ2) is 7.12. The van der Waals surface area contributed by atoms with Crippen LogP contribution in [0.1, 0.15) is 37.7 Å². The zero-order valence-corrected chi connectivity index (χ0v) is 15.9. The number of amides is 1. The molecule has 2 aliphatic rings. The average Bonchev–Trinajstić information content (AvgIpc) is 2.61. The van der Waals surface area contributed by atoms with Crippen molar-refractivity contribution < 1.29 is 17.6 Å². The van der Waals surface area contributed by atoms with Crippen LogP contribution in [0, 0.1) is 12.7 Å². The summed E-state index contributed by atoms with van der Waals surface area (Å²) in [7, 11) is -3.80. The van der Waals surface area contributed by atoms with E-state index in [1.165, 1.54) is 16.4 Å². The van der Waals surface area contributed by atoms with Crippen LogP contribution in [0.25, 0.3) is 0 Å². The molecule has 5 nitrogen and oxygen atoms in total. The Labute approximate surface area is 154 Å². The molecule has 3 rings (SSSR count). The number of hydrogen-bond donors (Lipinski definition) is 0. The summed E-state index contributed by atoms with van der Waals surface area (Å²) in [6.07, 6.45) is 5.18. The molecule has 1 amide bonds. The summed E-state index contributed by atoms with van der Waals surface area (Å²) in [4.78, 5) is 14.2. The van der Waals surface area contributed by atoms with Gasteiger partial charge in [0.15, 0.2) is 0 Å². The van der Waals surface area contributed by atoms with E-state index in [0.29, 0.717) is 31.5 Å². The molecule has 0 bridgehead atoms. The van der Waals surface area contributed by atoms with Crippen molar-refractivity contribution in [2.75, 3.05) is 19.6 Å². The van der Waals surface area contributed by atoms with Gasteiger partial charge in [0.1, 0.15) is 5.82 Å². The van der Waals surface area contributed by atoms with Crippen LogP contribution < -0.4 is 0 Å². The van der Waals surface area contributed by atoms with E-state index in [2.05, 4.69) is 6.58 Å². The van der Waals surface area contributed by atoms with Crippen LogP contribution >= 0.6 is 0 Å². The first kappa shape index (κ1) is 19.0. The summed E-state index contributed by atoms with van der Waals surface area (Å²) in [5.41, 5.74) is -0.0768. The molecule has 0 saturated carbocycles. The summed E-state index contributed by atoms with van der Waals surface area (Å²) in [6.45, 7) is 6.39. The van der Waals surface area contributed by atoms with Gasteiger partial charge in [0.2, 0.25) is 15.9 Å². The molecule has 1 spiro atoms. The molecule has 1 atom stereocenters. The second-order valence-electron chi connectivity index (χ2n) is 7.22. The summed E-state index contributed by atoms with van der Waals surface area (Å²) in [5, 5.41) is 0. The third-order valence-corrected chi connectivity index (χ3v) is 7.36. The fraction of sp³-hybridized carbons (Fsp3) is 0.526. The van der Waals surface area contributed by atoms with Gasteiger partial charge < -0.3 is 4.90 Å². The summed E-state index contributed by atoms with van der Waals surface area (Å²) in [5.74, 6) is -0.476. The first-order chi connectivity index (χ1) is 12.3. The smallest absolute Gasteiger partial charge is 0.243 e. The molecule has 0 unspecified atom stereocenters. The van der Waals surface area contributed by atoms with Crippen molar-refractivity contribution in [1.82, 2.24) is 9.21 Å². The first-order valence-electron chi connectivity index (χ1n) is 8.98. The Balaban J connectivity index is 1.92. The van der Waals surface area contributed by atoms with Crippen LogP contribution in [0.4, 0.5) is 4.39 Å². The molecular weight excluding hydrogens is 355 g/mol. The van der Waals surface area contributed by atoms with Gasteiger partial charge >= 0.3 is 0 Å². The molecule has 2 saturated heterocycles. The van der Waals surface area contributed by atoms with Crippen molar-refractivity contribution in [3.8, 4) is 0 Å². The Hall–Kier alpha value is -1.73. The standard InChI is InChI=1S/C19H25FN2O3S/c1-3-11-22-18(23)6-4-9-19(22)10-5-12-21(14-19)26(24,25)16-8-7-15(2)17(20)13-16/h3,7-8,13H,1,4-6,9-12,14H2,2H3/t19-/m0/s1. The number of sulfonamides is 1. The van der Waals surface area contributed by atoms with Crippen molar-refractivity contribution in [2.24, 2.45) is 0 Å². The molecule has 2 aliphatic heterocycles. The van der Waals surface area contributed by atoms with Gasteiger partial charge in [0.25, 0.3) is 0 Å². The lowest BCUT2D eigenvalue weighted by Gasteiger charge is -2.51. The quantitative estimate of drug-likeness (QED) is 0.755. The molecule has 0 aliphatic carbocycles. The van der Waals surface area contributed by atoms with Crippen LogP contribution in [-0.4, -0.2) is 48.7 Å². The summed E-state index contributed by atoms with van der Waals surface area (Å²) in [6, 6.07) is 4.01. The molecule has 7 heteroatoms. The summed E-state index contributed by atoms with van der Waals surface area (Å²) < 4.78 is 41.4. The fourth-order valence-electron chi connectivity index (χ4n) is 4.11. The number of carbonyl (C=O) groups excluding carboxylic acids is 1. The molecule has 0 N–H and O–H groups in total. The second-order valence-corrected chi connectivity index (χ2v) is 9.16. The van der Waals surface area contributed by atoms with E-state index in [4.69, 9.17) is 0 Å². The number of hydrogen-bond acceptors (Lipinski definition) is 3. The Kier molecular flexibility index (Phi) is 5.21. The topological polar surface area (TPSA) is 57.7 Å². The van der Waals surface area contributed by atoms with E-state index in [9.17, 15) is 17.6 Å². The SMILES string of the molecule is C=CCN1C(=O)CCC[C@@]12CCCN(S(=O)(=O)c1ccc(C)c(F)c1)C2. The minimum atomic E-state index is -3.80. The minimum Gasteiger partial charge on any atom is -0.332 e. The molecule has 0 radical (unpaired) electrons. The highest BCUT2D eigenvalue weighted by Gasteiger charge is 2.47. The monoisotopic (exact) mass is 380 g/mol. The first-order valence-corrected chi connectivity index (χ1v) is 10.4. The van der Waals surface area contributed by atoms with E-state index in [1.54, 1.807) is 17.9 Å². The molecule has 1 aromatic carbocycles. The molecular formula is C19H25FN2O3S. The van der Waals surface area contributed by atoms with Crippen LogP contribution in [0.15, 0.2) is 35.7 Å². The Morgan fingerprint density at radius 2 is 2.04 bits per heavy atom. The highest BCUT2D eigenvalue weighted by molar-refractivity contribution is 7.89. The maximum Gasteiger partial charge on any atom is 0.243 e. The van der Waals surface area contributed by atoms with E-state index >= 15 is 0 Å². The number of benzene rings is 1. The van der Waals surface area contributed by atoms with Crippen molar-refractivity contribution in [2.45, 2.75) is 49.5 Å². The van der Waals surface area contributed by atoms with Crippen LogP contribution in [0.2, 0.25) is 0 Å². The van der Waals surface area contributed by atoms with Gasteiger partial charge in [-0.1, -0.05) is 12.1 Å². The van der Waals surface area contributed by atoms with Crippen molar-refractivity contribution in [3.63, 3.8) is 0 Å². The normalized spacial score (nSPS) is 24.8. The zero-order chi connectivity index (χ0) is 18.9. The molecule has 142 valence electrons. The zero-order valence-electron chi connectivity index (χ0n) is 15.1. The predicted molar refractivity (Wildman–Crippen MR) is 97.6 cm³/mol. The lowest BCUT2D eigenvalue weighted by Crippen LogP contribution is -2.63. The molecule has 2 heterocycles. The van der Waals surface area contributed by atoms with Crippen molar-refractivity contribution in [3.05, 3.63) is 42.2 Å². The van der Waals surface area contributed by atoms with Gasteiger partial charge in [-0.15, -0.1) is 6.58 Å². The lowest BCUT2D eigenvalue weighted by molar-refractivity contribution is -0.143. The number of nitrogens with zero attached hydrogens (tertiary/aromatic N) is 2. The van der Waals surface area contributed by atoms with Crippen molar-refractivity contribution in [1.29, 1.82) is 0 Å². The van der Waals surface area contributed by atoms with Gasteiger partial charge in [0.05, 0.1) is 10.4 Å². The number of carbonyl (C=O) groups is 1. The Morgan fingerprint density at radius 1 is 1.31 bits per heavy atom. The molecule has 0 aromatic heterocycles. The Bertz CT molecular complexity index is 820. The maximum absolute atomic E-state index is 13.9. The van der Waals surface area contributed by atoms with Crippen molar-refractivity contribution >= 4 is 15.9 Å². The minimum absolute atomic E-state index is 0.0324. The third-order valence-electron chi connectivity index (χ3n) is 5.52. The van der Waals surface area contributed by atoms with Gasteiger partial charge in [-0.25, -0.2) is 12.8 Å². The number of halogens is 1. The average molecular weight is 380 g/mol. The number of aryl methyl sites for hydroxylation is 1. The van der Waals surface area contributed by atoms with E-state index in [0.717, 1.165) is 25.3 Å². The van der Waals surface area contributed by atoms with Crippen LogP contribution in [-0.2, 0) is 14.8 Å². The van der Waals surface area contributed by atoms with E-state index in [-0.39, 0.29) is 17.3 Å². The molecule has 1 aromatic rings. The molecule has 26 heavy (non-hydrogen) atoms. The number of rotatable bonds is 4. The predicted octanol–water partition coefficient (Wildman–Crippen LogP) is 2.86.